The van der Waals surface area contributed by atoms with Crippen LogP contribution in [-0.4, -0.2) is 34.9 Å². The lowest BCUT2D eigenvalue weighted by Gasteiger charge is -2.18. The summed E-state index contributed by atoms with van der Waals surface area (Å²) in [6.45, 7) is 0.0696. The number of halogens is 1. The van der Waals surface area contributed by atoms with Gasteiger partial charge >= 0.3 is 12.1 Å². The second-order valence-electron chi connectivity index (χ2n) is 8.92. The Bertz CT molecular complexity index is 1420. The maximum absolute atomic E-state index is 13.3. The molecule has 0 heterocycles. The average Bonchev–Trinajstić information content (AvgIpc) is 3.22. The molecule has 0 aliphatic heterocycles. The van der Waals surface area contributed by atoms with Gasteiger partial charge in [-0.2, -0.15) is 0 Å². The number of rotatable bonds is 7. The fourth-order valence-corrected chi connectivity index (χ4v) is 4.79. The minimum atomic E-state index is -1.25. The van der Waals surface area contributed by atoms with Gasteiger partial charge in [0, 0.05) is 17.9 Å². The molecule has 0 unspecified atom stereocenters. The number of carbonyl (C=O) groups excluding carboxylic acids is 1. The predicted octanol–water partition coefficient (Wildman–Crippen LogP) is 5.73. The van der Waals surface area contributed by atoms with E-state index in [0.29, 0.717) is 16.7 Å². The van der Waals surface area contributed by atoms with Crippen LogP contribution in [0.5, 0.6) is 5.75 Å². The minimum Gasteiger partial charge on any atom is -0.507 e. The maximum atomic E-state index is 13.3. The number of nitrogens with one attached hydrogen (secondary N) is 1. The van der Waals surface area contributed by atoms with E-state index in [1.165, 1.54) is 30.3 Å². The van der Waals surface area contributed by atoms with Crippen molar-refractivity contribution in [2.24, 2.45) is 0 Å². The van der Waals surface area contributed by atoms with Gasteiger partial charge in [-0.1, -0.05) is 66.7 Å². The summed E-state index contributed by atoms with van der Waals surface area (Å²) in [5, 5.41) is 22.4. The number of benzene rings is 4. The van der Waals surface area contributed by atoms with Crippen molar-refractivity contribution in [2.75, 3.05) is 6.61 Å². The number of aliphatic carboxylic acids is 1. The van der Waals surface area contributed by atoms with Crippen LogP contribution in [0.15, 0.2) is 91.0 Å². The third-order valence-corrected chi connectivity index (χ3v) is 6.59. The number of alkyl carbamates (subject to hydrolysis) is 1. The highest BCUT2D eigenvalue weighted by Gasteiger charge is 2.30. The van der Waals surface area contributed by atoms with E-state index in [2.05, 4.69) is 5.32 Å². The zero-order valence-electron chi connectivity index (χ0n) is 19.7. The van der Waals surface area contributed by atoms with Crippen molar-refractivity contribution in [2.45, 2.75) is 18.4 Å². The van der Waals surface area contributed by atoms with Crippen molar-refractivity contribution in [3.05, 3.63) is 114 Å². The monoisotopic (exact) mass is 497 g/mol. The number of ether oxygens (including phenoxy) is 1. The molecule has 0 spiro atoms. The molecule has 0 aromatic heterocycles. The predicted molar refractivity (Wildman–Crippen MR) is 137 cm³/mol. The van der Waals surface area contributed by atoms with Crippen molar-refractivity contribution < 1.29 is 28.9 Å². The smallest absolute Gasteiger partial charge is 0.407 e. The number of aromatic hydroxyl groups is 1. The molecular formula is C30H24FNO5. The summed E-state index contributed by atoms with van der Waals surface area (Å²) in [7, 11) is 0. The molecule has 1 amide bonds. The number of amides is 1. The summed E-state index contributed by atoms with van der Waals surface area (Å²) in [6, 6.07) is 24.9. The highest BCUT2D eigenvalue weighted by Crippen LogP contribution is 2.44. The number of hydrogen-bond acceptors (Lipinski definition) is 4. The Morgan fingerprint density at radius 3 is 2.11 bits per heavy atom. The highest BCUT2D eigenvalue weighted by atomic mass is 19.1. The quantitative estimate of drug-likeness (QED) is 0.303. The van der Waals surface area contributed by atoms with E-state index in [-0.39, 0.29) is 24.7 Å². The molecule has 0 saturated carbocycles. The van der Waals surface area contributed by atoms with Gasteiger partial charge in [0.2, 0.25) is 0 Å². The summed E-state index contributed by atoms with van der Waals surface area (Å²) in [6.07, 6.45) is -0.861. The minimum absolute atomic E-state index is 0.0215. The lowest BCUT2D eigenvalue weighted by molar-refractivity contribution is -0.139. The average molecular weight is 498 g/mol. The number of phenolic OH excluding ortho intramolecular Hbond substituents is 1. The van der Waals surface area contributed by atoms with Crippen LogP contribution in [-0.2, 0) is 16.0 Å². The summed E-state index contributed by atoms with van der Waals surface area (Å²) in [5.74, 6) is -1.79. The van der Waals surface area contributed by atoms with Crippen LogP contribution in [0.3, 0.4) is 0 Å². The van der Waals surface area contributed by atoms with E-state index in [0.717, 1.165) is 22.3 Å². The number of phenols is 1. The van der Waals surface area contributed by atoms with Gasteiger partial charge in [0.1, 0.15) is 24.2 Å². The number of carboxylic acids is 1. The van der Waals surface area contributed by atoms with Crippen molar-refractivity contribution in [3.8, 4) is 28.0 Å². The summed E-state index contributed by atoms with van der Waals surface area (Å²) < 4.78 is 18.8. The zero-order chi connectivity index (χ0) is 25.9. The maximum Gasteiger partial charge on any atom is 0.407 e. The van der Waals surface area contributed by atoms with Crippen LogP contribution in [0.25, 0.3) is 22.3 Å². The molecule has 1 aliphatic carbocycles. The van der Waals surface area contributed by atoms with E-state index < -0.39 is 23.9 Å². The zero-order valence-corrected chi connectivity index (χ0v) is 19.7. The Kier molecular flexibility index (Phi) is 6.60. The first-order valence-electron chi connectivity index (χ1n) is 11.8. The lowest BCUT2D eigenvalue weighted by atomic mass is 9.98. The molecule has 4 aromatic rings. The normalized spacial score (nSPS) is 12.9. The van der Waals surface area contributed by atoms with Gasteiger partial charge in [-0.15, -0.1) is 0 Å². The Morgan fingerprint density at radius 2 is 1.49 bits per heavy atom. The van der Waals surface area contributed by atoms with E-state index in [9.17, 15) is 24.2 Å². The van der Waals surface area contributed by atoms with Crippen molar-refractivity contribution in [3.63, 3.8) is 0 Å². The Labute approximate surface area is 213 Å². The lowest BCUT2D eigenvalue weighted by Crippen LogP contribution is -2.42. The first kappa shape index (κ1) is 24.1. The third kappa shape index (κ3) is 5.02. The van der Waals surface area contributed by atoms with Crippen LogP contribution >= 0.6 is 0 Å². The highest BCUT2D eigenvalue weighted by molar-refractivity contribution is 5.81. The molecule has 0 saturated heterocycles. The van der Waals surface area contributed by atoms with E-state index in [1.807, 2.05) is 48.5 Å². The summed E-state index contributed by atoms with van der Waals surface area (Å²) >= 11 is 0. The van der Waals surface area contributed by atoms with Crippen LogP contribution in [0.2, 0.25) is 0 Å². The van der Waals surface area contributed by atoms with Gasteiger partial charge in [0.25, 0.3) is 0 Å². The molecule has 1 atom stereocenters. The van der Waals surface area contributed by atoms with Crippen molar-refractivity contribution in [1.29, 1.82) is 0 Å². The van der Waals surface area contributed by atoms with Gasteiger partial charge < -0.3 is 20.3 Å². The standard InChI is InChI=1S/C30H24FNO5/c31-20-12-10-19(11-13-20)25-15-18(9-14-28(25)33)16-27(29(34)35)32-30(36)37-17-26-23-7-3-1-5-21(23)22-6-2-4-8-24(22)26/h1-15,26-27,33H,16-17H2,(H,32,36)(H,34,35)/t27-/m1/s1. The molecule has 1 aliphatic rings. The first-order valence-corrected chi connectivity index (χ1v) is 11.8. The van der Waals surface area contributed by atoms with Gasteiger partial charge in [0.05, 0.1) is 0 Å². The Morgan fingerprint density at radius 1 is 0.865 bits per heavy atom. The molecule has 3 N–H and O–H groups in total. The molecule has 7 heteroatoms. The van der Waals surface area contributed by atoms with Gasteiger partial charge in [-0.25, -0.2) is 14.0 Å². The fourth-order valence-electron chi connectivity index (χ4n) is 4.79. The van der Waals surface area contributed by atoms with Gasteiger partial charge in [-0.05, 0) is 57.6 Å². The largest absolute Gasteiger partial charge is 0.507 e. The molecule has 186 valence electrons. The molecule has 0 bridgehead atoms. The number of carbonyl (C=O) groups is 2. The van der Waals surface area contributed by atoms with Crippen LogP contribution < -0.4 is 5.32 Å². The molecule has 4 aromatic carbocycles. The van der Waals surface area contributed by atoms with Gasteiger partial charge in [-0.3, -0.25) is 0 Å². The second kappa shape index (κ2) is 10.1. The van der Waals surface area contributed by atoms with Crippen LogP contribution in [0.4, 0.5) is 9.18 Å². The van der Waals surface area contributed by atoms with E-state index in [4.69, 9.17) is 4.74 Å². The van der Waals surface area contributed by atoms with E-state index >= 15 is 0 Å². The Hall–Kier alpha value is -4.65. The van der Waals surface area contributed by atoms with Crippen LogP contribution in [0, 0.1) is 5.82 Å². The molecule has 0 fully saturated rings. The number of hydrogen-bond donors (Lipinski definition) is 3. The Balaban J connectivity index is 1.27. The fraction of sp³-hybridized carbons (Fsp3) is 0.133. The summed E-state index contributed by atoms with van der Waals surface area (Å²) in [4.78, 5) is 24.6. The van der Waals surface area contributed by atoms with E-state index in [1.54, 1.807) is 12.1 Å². The third-order valence-electron chi connectivity index (χ3n) is 6.59. The van der Waals surface area contributed by atoms with Crippen LogP contribution in [0.1, 0.15) is 22.6 Å². The van der Waals surface area contributed by atoms with Crippen molar-refractivity contribution >= 4 is 12.1 Å². The molecule has 5 rings (SSSR count). The number of carboxylic acid groups (broad SMARTS) is 1. The number of fused-ring (bicyclic) bond motifs is 3. The van der Waals surface area contributed by atoms with Crippen molar-refractivity contribution in [1.82, 2.24) is 5.32 Å². The first-order chi connectivity index (χ1) is 17.9. The molecule has 0 radical (unpaired) electrons. The summed E-state index contributed by atoms with van der Waals surface area (Å²) in [5.41, 5.74) is 5.90. The topological polar surface area (TPSA) is 95.9 Å². The second-order valence-corrected chi connectivity index (χ2v) is 8.92. The molecule has 6 nitrogen and oxygen atoms in total. The SMILES string of the molecule is O=C(N[C@H](Cc1ccc(O)c(-c2ccc(F)cc2)c1)C(=O)O)OCC1c2ccccc2-c2ccccc21. The van der Waals surface area contributed by atoms with Gasteiger partial charge in [0.15, 0.2) is 0 Å². The molecule has 37 heavy (non-hydrogen) atoms. The molecular weight excluding hydrogens is 473 g/mol.